The molecule has 1 unspecified atom stereocenters. The van der Waals surface area contributed by atoms with Gasteiger partial charge in [-0.1, -0.05) is 42.3 Å². The van der Waals surface area contributed by atoms with Crippen LogP contribution in [0.3, 0.4) is 0 Å². The van der Waals surface area contributed by atoms with Crippen molar-refractivity contribution in [3.63, 3.8) is 0 Å². The fraction of sp³-hybridized carbons (Fsp3) is 0.500. The molecule has 0 aliphatic carbocycles. The molecule has 0 bridgehead atoms. The topological polar surface area (TPSA) is 123 Å². The van der Waals surface area contributed by atoms with Crippen LogP contribution in [0.2, 0.25) is 5.02 Å². The molecular formula is C28H34Cl2N6O4S. The molecule has 10 nitrogen and oxygen atoms in total. The third kappa shape index (κ3) is 6.38. The van der Waals surface area contributed by atoms with Gasteiger partial charge < -0.3 is 25.0 Å². The van der Waals surface area contributed by atoms with Gasteiger partial charge in [-0.2, -0.15) is 9.97 Å². The number of hydrogen-bond donors (Lipinski definition) is 1. The number of ether oxygens (including phenoxy) is 2. The van der Waals surface area contributed by atoms with Gasteiger partial charge in [-0.15, -0.1) is 0 Å². The lowest BCUT2D eigenvalue weighted by Gasteiger charge is -2.31. The summed E-state index contributed by atoms with van der Waals surface area (Å²) >= 11 is 13.2. The quantitative estimate of drug-likeness (QED) is 0.489. The summed E-state index contributed by atoms with van der Waals surface area (Å²) < 4.78 is 23.6. The molecule has 220 valence electrons. The van der Waals surface area contributed by atoms with Gasteiger partial charge in [0.15, 0.2) is 0 Å². The Morgan fingerprint density at radius 2 is 2.02 bits per heavy atom. The van der Waals surface area contributed by atoms with E-state index in [-0.39, 0.29) is 28.8 Å². The van der Waals surface area contributed by atoms with E-state index >= 15 is 0 Å². The van der Waals surface area contributed by atoms with Crippen molar-refractivity contribution in [1.29, 1.82) is 0 Å². The molecule has 2 aromatic rings. The van der Waals surface area contributed by atoms with Crippen molar-refractivity contribution in [3.8, 4) is 6.01 Å². The van der Waals surface area contributed by atoms with E-state index in [9.17, 15) is 9.00 Å². The fourth-order valence-corrected chi connectivity index (χ4v) is 6.97. The highest BCUT2D eigenvalue weighted by atomic mass is 35.5. The minimum Gasteiger partial charge on any atom is -0.467 e. The summed E-state index contributed by atoms with van der Waals surface area (Å²) in [5, 5.41) is 0.863. The molecule has 1 saturated heterocycles. The van der Waals surface area contributed by atoms with Gasteiger partial charge in [0.05, 0.1) is 42.8 Å². The molecule has 1 amide bonds. The van der Waals surface area contributed by atoms with Gasteiger partial charge in [0.2, 0.25) is 0 Å². The first-order valence-corrected chi connectivity index (χ1v) is 16.0. The van der Waals surface area contributed by atoms with Crippen LogP contribution in [0.5, 0.6) is 6.01 Å². The third-order valence-electron chi connectivity index (χ3n) is 7.61. The van der Waals surface area contributed by atoms with Gasteiger partial charge in [-0.3, -0.25) is 14.0 Å². The standard InChI is InChI=1S/C28H34Cl2N6O4S/c1-3-17-18(6-4-7-20(17)29)23-14-21-19(16-40-23)26(34-28(33-21)39-2)36-9-5-8-32-22(15-36)24(30)25(31)27(37)35-10-12-41(38)13-11-35/h4,6-7,23H,3,5,8-16,31H2,1-2H3/b25-24+. The number of anilines is 1. The molecule has 2 N–H and O–H groups in total. The number of nitrogens with zero attached hydrogens (tertiary/aromatic N) is 5. The van der Waals surface area contributed by atoms with Gasteiger partial charge in [-0.25, -0.2) is 0 Å². The molecule has 1 aromatic heterocycles. The van der Waals surface area contributed by atoms with Crippen molar-refractivity contribution in [2.24, 2.45) is 10.7 Å². The normalized spacial score (nSPS) is 20.6. The highest BCUT2D eigenvalue weighted by Crippen LogP contribution is 2.38. The Morgan fingerprint density at radius 1 is 1.24 bits per heavy atom. The largest absolute Gasteiger partial charge is 0.467 e. The summed E-state index contributed by atoms with van der Waals surface area (Å²) in [5.74, 6) is 1.20. The van der Waals surface area contributed by atoms with E-state index in [4.69, 9.17) is 48.4 Å². The monoisotopic (exact) mass is 620 g/mol. The summed E-state index contributed by atoms with van der Waals surface area (Å²) in [6.07, 6.45) is 1.91. The van der Waals surface area contributed by atoms with Crippen LogP contribution in [0.1, 0.15) is 41.8 Å². The van der Waals surface area contributed by atoms with E-state index in [1.807, 2.05) is 12.1 Å². The van der Waals surface area contributed by atoms with Gasteiger partial charge in [0.1, 0.15) is 11.5 Å². The van der Waals surface area contributed by atoms with Crippen LogP contribution in [-0.4, -0.2) is 82.0 Å². The predicted molar refractivity (Wildman–Crippen MR) is 161 cm³/mol. The van der Waals surface area contributed by atoms with Crippen molar-refractivity contribution in [3.05, 3.63) is 56.3 Å². The maximum Gasteiger partial charge on any atom is 0.318 e. The molecule has 41 heavy (non-hydrogen) atoms. The molecule has 3 aliphatic rings. The zero-order chi connectivity index (χ0) is 29.1. The summed E-state index contributed by atoms with van der Waals surface area (Å²) in [6, 6.07) is 6.17. The second-order valence-electron chi connectivity index (χ2n) is 10.1. The Kier molecular flexibility index (Phi) is 9.48. The predicted octanol–water partition coefficient (Wildman–Crippen LogP) is 3.17. The minimum atomic E-state index is -0.907. The molecular weight excluding hydrogens is 587 g/mol. The fourth-order valence-electron chi connectivity index (χ4n) is 5.40. The number of carbonyl (C=O) groups excluding carboxylic acids is 1. The first-order chi connectivity index (χ1) is 19.8. The number of carbonyl (C=O) groups is 1. The van der Waals surface area contributed by atoms with Crippen LogP contribution in [0, 0.1) is 0 Å². The molecule has 5 rings (SSSR count). The van der Waals surface area contributed by atoms with E-state index < -0.39 is 10.8 Å². The zero-order valence-electron chi connectivity index (χ0n) is 23.2. The van der Waals surface area contributed by atoms with Crippen LogP contribution in [-0.2, 0) is 39.8 Å². The molecule has 0 spiro atoms. The van der Waals surface area contributed by atoms with Crippen molar-refractivity contribution in [1.82, 2.24) is 14.9 Å². The number of methoxy groups -OCH3 is 1. The Morgan fingerprint density at radius 3 is 2.76 bits per heavy atom. The van der Waals surface area contributed by atoms with E-state index in [1.54, 1.807) is 12.0 Å². The second-order valence-corrected chi connectivity index (χ2v) is 12.6. The van der Waals surface area contributed by atoms with Crippen molar-refractivity contribution >= 4 is 51.4 Å². The highest BCUT2D eigenvalue weighted by molar-refractivity contribution is 7.85. The Balaban J connectivity index is 1.42. The highest BCUT2D eigenvalue weighted by Gasteiger charge is 2.31. The summed E-state index contributed by atoms with van der Waals surface area (Å²) in [5.41, 5.74) is 10.6. The number of amides is 1. The van der Waals surface area contributed by atoms with Crippen LogP contribution in [0.4, 0.5) is 5.82 Å². The Labute approximate surface area is 252 Å². The first-order valence-electron chi connectivity index (χ1n) is 13.7. The lowest BCUT2D eigenvalue weighted by Crippen LogP contribution is -2.44. The SMILES string of the molecule is CCc1c(Cl)cccc1C1Cc2nc(OC)nc(N3CCCN=C(/C(Cl)=C(\N)C(=O)N4CCS(=O)CC4)C3)c2CO1. The van der Waals surface area contributed by atoms with E-state index in [0.717, 1.165) is 40.2 Å². The number of hydrogen-bond acceptors (Lipinski definition) is 9. The van der Waals surface area contributed by atoms with Crippen molar-refractivity contribution < 1.29 is 18.5 Å². The molecule has 13 heteroatoms. The molecule has 0 radical (unpaired) electrons. The van der Waals surface area contributed by atoms with E-state index in [2.05, 4.69) is 22.9 Å². The maximum absolute atomic E-state index is 13.0. The second kappa shape index (κ2) is 13.1. The molecule has 3 aliphatic heterocycles. The maximum atomic E-state index is 13.0. The lowest BCUT2D eigenvalue weighted by molar-refractivity contribution is -0.126. The molecule has 1 fully saturated rings. The molecule has 1 atom stereocenters. The smallest absolute Gasteiger partial charge is 0.318 e. The third-order valence-corrected chi connectivity index (χ3v) is 9.66. The Hall–Kier alpha value is -2.73. The van der Waals surface area contributed by atoms with Crippen LogP contribution in [0.15, 0.2) is 33.9 Å². The summed E-state index contributed by atoms with van der Waals surface area (Å²) in [4.78, 5) is 30.8. The Bertz CT molecular complexity index is 1410. The molecule has 4 heterocycles. The van der Waals surface area contributed by atoms with Gasteiger partial charge >= 0.3 is 6.01 Å². The number of fused-ring (bicyclic) bond motifs is 1. The number of aliphatic imine (C=N–C) groups is 1. The zero-order valence-corrected chi connectivity index (χ0v) is 25.5. The van der Waals surface area contributed by atoms with Crippen molar-refractivity contribution in [2.75, 3.05) is 56.2 Å². The van der Waals surface area contributed by atoms with E-state index in [1.165, 1.54) is 0 Å². The van der Waals surface area contributed by atoms with Gasteiger partial charge in [-0.05, 0) is 30.0 Å². The van der Waals surface area contributed by atoms with E-state index in [0.29, 0.717) is 68.8 Å². The average molecular weight is 622 g/mol. The summed E-state index contributed by atoms with van der Waals surface area (Å²) in [7, 11) is 0.640. The number of benzene rings is 1. The number of aromatic nitrogens is 2. The summed E-state index contributed by atoms with van der Waals surface area (Å²) in [6.45, 7) is 4.67. The molecule has 0 saturated carbocycles. The van der Waals surface area contributed by atoms with Crippen LogP contribution >= 0.6 is 23.2 Å². The number of halogens is 2. The molecule has 1 aromatic carbocycles. The van der Waals surface area contributed by atoms with Crippen LogP contribution in [0.25, 0.3) is 0 Å². The van der Waals surface area contributed by atoms with Gasteiger partial charge in [0, 0.05) is 65.5 Å². The van der Waals surface area contributed by atoms with Gasteiger partial charge in [0.25, 0.3) is 5.91 Å². The number of nitrogens with two attached hydrogens (primary N) is 1. The lowest BCUT2D eigenvalue weighted by atomic mass is 9.94. The first kappa shape index (κ1) is 29.8. The van der Waals surface area contributed by atoms with Crippen molar-refractivity contribution in [2.45, 2.75) is 38.9 Å². The minimum absolute atomic E-state index is 0.0540. The number of rotatable bonds is 6. The van der Waals surface area contributed by atoms with Crippen LogP contribution < -0.4 is 15.4 Å². The average Bonchev–Trinajstić information content (AvgIpc) is 3.25.